The van der Waals surface area contributed by atoms with Crippen LogP contribution in [0.2, 0.25) is 0 Å². The number of carbonyl (C=O) groups is 3. The molecule has 0 radical (unpaired) electrons. The molecule has 0 unspecified atom stereocenters. The van der Waals surface area contributed by atoms with Gasteiger partial charge in [-0.1, -0.05) is 31.9 Å². The molecular weight excluding hydrogens is 322 g/mol. The van der Waals surface area contributed by atoms with Gasteiger partial charge in [-0.3, -0.25) is 14.5 Å². The quantitative estimate of drug-likeness (QED) is 0.702. The van der Waals surface area contributed by atoms with E-state index in [1.807, 2.05) is 19.1 Å². The molecule has 1 atom stereocenters. The highest BCUT2D eigenvalue weighted by Gasteiger charge is 2.47. The number of benzene rings is 1. The summed E-state index contributed by atoms with van der Waals surface area (Å²) in [6.45, 7) is 3.77. The smallest absolute Gasteiger partial charge is 0.325 e. The number of imide groups is 1. The molecule has 0 bridgehead atoms. The summed E-state index contributed by atoms with van der Waals surface area (Å²) in [6, 6.07) is 6.78. The Bertz CT molecular complexity index is 644. The first-order valence-electron chi connectivity index (χ1n) is 8.43. The van der Waals surface area contributed by atoms with E-state index in [4.69, 9.17) is 4.74 Å². The van der Waals surface area contributed by atoms with Crippen LogP contribution in [0.1, 0.15) is 38.7 Å². The summed E-state index contributed by atoms with van der Waals surface area (Å²) in [4.78, 5) is 37.6. The van der Waals surface area contributed by atoms with E-state index in [1.54, 1.807) is 26.2 Å². The number of hydrogen-bond donors (Lipinski definition) is 2. The van der Waals surface area contributed by atoms with E-state index in [9.17, 15) is 14.4 Å². The topological polar surface area (TPSA) is 87.7 Å². The van der Waals surface area contributed by atoms with E-state index < -0.39 is 11.6 Å². The molecule has 7 nitrogen and oxygen atoms in total. The van der Waals surface area contributed by atoms with Crippen LogP contribution in [0.5, 0.6) is 5.75 Å². The second-order valence-electron chi connectivity index (χ2n) is 6.38. The molecule has 0 spiro atoms. The molecule has 1 aromatic rings. The van der Waals surface area contributed by atoms with Crippen LogP contribution in [0.25, 0.3) is 0 Å². The summed E-state index contributed by atoms with van der Waals surface area (Å²) < 4.78 is 5.08. The first kappa shape index (κ1) is 18.8. The first-order chi connectivity index (χ1) is 11.9. The van der Waals surface area contributed by atoms with Gasteiger partial charge in [-0.25, -0.2) is 4.79 Å². The third-order valence-electron chi connectivity index (χ3n) is 4.33. The molecule has 2 N–H and O–H groups in total. The van der Waals surface area contributed by atoms with Crippen molar-refractivity contribution in [2.24, 2.45) is 0 Å². The van der Waals surface area contributed by atoms with Crippen molar-refractivity contribution in [3.8, 4) is 5.75 Å². The van der Waals surface area contributed by atoms with Crippen LogP contribution in [0.4, 0.5) is 4.79 Å². The van der Waals surface area contributed by atoms with Gasteiger partial charge in [0.25, 0.3) is 5.91 Å². The molecule has 0 aliphatic carbocycles. The summed E-state index contributed by atoms with van der Waals surface area (Å²) in [5.74, 6) is 0.0189. The predicted molar refractivity (Wildman–Crippen MR) is 93.0 cm³/mol. The van der Waals surface area contributed by atoms with E-state index in [1.165, 1.54) is 0 Å². The predicted octanol–water partition coefficient (Wildman–Crippen LogP) is 1.81. The Morgan fingerprint density at radius 1 is 1.28 bits per heavy atom. The third-order valence-corrected chi connectivity index (χ3v) is 4.33. The monoisotopic (exact) mass is 347 g/mol. The zero-order valence-corrected chi connectivity index (χ0v) is 14.9. The highest BCUT2D eigenvalue weighted by molar-refractivity contribution is 6.08. The fraction of sp³-hybridized carbons (Fsp3) is 0.500. The molecule has 1 aromatic carbocycles. The van der Waals surface area contributed by atoms with Gasteiger partial charge in [-0.05, 0) is 31.0 Å². The summed E-state index contributed by atoms with van der Waals surface area (Å²) >= 11 is 0. The fourth-order valence-corrected chi connectivity index (χ4v) is 2.73. The summed E-state index contributed by atoms with van der Waals surface area (Å²) in [7, 11) is 1.59. The van der Waals surface area contributed by atoms with E-state index in [-0.39, 0.29) is 18.4 Å². The van der Waals surface area contributed by atoms with Crippen LogP contribution in [0.15, 0.2) is 24.3 Å². The zero-order valence-electron chi connectivity index (χ0n) is 14.9. The van der Waals surface area contributed by atoms with Gasteiger partial charge in [-0.15, -0.1) is 0 Å². The second-order valence-corrected chi connectivity index (χ2v) is 6.38. The minimum absolute atomic E-state index is 0.275. The molecule has 1 saturated heterocycles. The molecule has 0 aromatic heterocycles. The Balaban J connectivity index is 1.89. The Morgan fingerprint density at radius 2 is 1.96 bits per heavy atom. The van der Waals surface area contributed by atoms with E-state index in [2.05, 4.69) is 10.6 Å². The summed E-state index contributed by atoms with van der Waals surface area (Å²) in [6.07, 6.45) is 2.33. The Kier molecular flexibility index (Phi) is 6.01. The van der Waals surface area contributed by atoms with Crippen molar-refractivity contribution >= 4 is 17.8 Å². The van der Waals surface area contributed by atoms with E-state index >= 15 is 0 Å². The van der Waals surface area contributed by atoms with Gasteiger partial charge in [0.2, 0.25) is 5.91 Å². The Morgan fingerprint density at radius 3 is 2.56 bits per heavy atom. The largest absolute Gasteiger partial charge is 0.497 e. The maximum Gasteiger partial charge on any atom is 0.325 e. The van der Waals surface area contributed by atoms with Gasteiger partial charge >= 0.3 is 6.03 Å². The van der Waals surface area contributed by atoms with Crippen molar-refractivity contribution in [3.05, 3.63) is 29.8 Å². The lowest BCUT2D eigenvalue weighted by Crippen LogP contribution is -2.45. The first-order valence-corrected chi connectivity index (χ1v) is 8.43. The van der Waals surface area contributed by atoms with Crippen molar-refractivity contribution in [1.82, 2.24) is 15.5 Å². The molecule has 2 rings (SSSR count). The summed E-state index contributed by atoms with van der Waals surface area (Å²) in [5, 5.41) is 5.42. The number of ether oxygens (including phenoxy) is 1. The minimum Gasteiger partial charge on any atom is -0.497 e. The average Bonchev–Trinajstić information content (AvgIpc) is 2.82. The number of nitrogens with zero attached hydrogens (tertiary/aromatic N) is 1. The van der Waals surface area contributed by atoms with Crippen molar-refractivity contribution in [1.29, 1.82) is 0 Å². The van der Waals surface area contributed by atoms with Crippen molar-refractivity contribution < 1.29 is 19.1 Å². The van der Waals surface area contributed by atoms with Crippen LogP contribution >= 0.6 is 0 Å². The Hall–Kier alpha value is -2.57. The van der Waals surface area contributed by atoms with Gasteiger partial charge < -0.3 is 15.4 Å². The molecule has 7 heteroatoms. The van der Waals surface area contributed by atoms with Gasteiger partial charge in [0, 0.05) is 6.54 Å². The Labute approximate surface area is 147 Å². The standard InChI is InChI=1S/C18H25N3O4/c1-4-5-10-18(2)16(23)21(17(24)20-18)12-15(22)19-11-13-6-8-14(25-3)9-7-13/h6-9H,4-5,10-12H2,1-3H3,(H,19,22)(H,20,24)/t18-/m1/s1. The maximum absolute atomic E-state index is 12.5. The van der Waals surface area contributed by atoms with Crippen LogP contribution in [0, 0.1) is 0 Å². The third kappa shape index (κ3) is 4.49. The van der Waals surface area contributed by atoms with E-state index in [0.717, 1.165) is 29.1 Å². The normalized spacial score (nSPS) is 19.7. The molecule has 1 aliphatic heterocycles. The molecule has 1 heterocycles. The molecule has 0 saturated carbocycles. The van der Waals surface area contributed by atoms with Crippen LogP contribution in [-0.2, 0) is 16.1 Å². The van der Waals surface area contributed by atoms with E-state index in [0.29, 0.717) is 13.0 Å². The van der Waals surface area contributed by atoms with Crippen LogP contribution in [-0.4, -0.2) is 41.9 Å². The van der Waals surface area contributed by atoms with Crippen LogP contribution < -0.4 is 15.4 Å². The number of unbranched alkanes of at least 4 members (excludes halogenated alkanes) is 1. The average molecular weight is 347 g/mol. The maximum atomic E-state index is 12.5. The number of hydrogen-bond acceptors (Lipinski definition) is 4. The van der Waals surface area contributed by atoms with Gasteiger partial charge in [-0.2, -0.15) is 0 Å². The zero-order chi connectivity index (χ0) is 18.4. The molecular formula is C18H25N3O4. The number of carbonyl (C=O) groups excluding carboxylic acids is 3. The number of methoxy groups -OCH3 is 1. The second kappa shape index (κ2) is 8.00. The fourth-order valence-electron chi connectivity index (χ4n) is 2.73. The lowest BCUT2D eigenvalue weighted by atomic mass is 9.95. The van der Waals surface area contributed by atoms with Gasteiger partial charge in [0.1, 0.15) is 17.8 Å². The van der Waals surface area contributed by atoms with Gasteiger partial charge in [0.05, 0.1) is 7.11 Å². The lowest BCUT2D eigenvalue weighted by Gasteiger charge is -2.21. The molecule has 4 amide bonds. The molecule has 1 aliphatic rings. The number of nitrogens with one attached hydrogen (secondary N) is 2. The number of amides is 4. The highest BCUT2D eigenvalue weighted by atomic mass is 16.5. The van der Waals surface area contributed by atoms with Crippen LogP contribution in [0.3, 0.4) is 0 Å². The number of rotatable bonds is 8. The lowest BCUT2D eigenvalue weighted by molar-refractivity contribution is -0.134. The molecule has 136 valence electrons. The number of urea groups is 1. The molecule has 1 fully saturated rings. The highest BCUT2D eigenvalue weighted by Crippen LogP contribution is 2.23. The molecule has 25 heavy (non-hydrogen) atoms. The van der Waals surface area contributed by atoms with Crippen molar-refractivity contribution in [2.75, 3.05) is 13.7 Å². The van der Waals surface area contributed by atoms with Crippen molar-refractivity contribution in [3.63, 3.8) is 0 Å². The minimum atomic E-state index is -0.913. The SMILES string of the molecule is CCCC[C@@]1(C)NC(=O)N(CC(=O)NCc2ccc(OC)cc2)C1=O. The van der Waals surface area contributed by atoms with Crippen molar-refractivity contribution in [2.45, 2.75) is 45.2 Å². The summed E-state index contributed by atoms with van der Waals surface area (Å²) in [5.41, 5.74) is -0.0114. The van der Waals surface area contributed by atoms with Gasteiger partial charge in [0.15, 0.2) is 0 Å².